The first-order valence-corrected chi connectivity index (χ1v) is 6.90. The van der Waals surface area contributed by atoms with Crippen molar-refractivity contribution in [2.24, 2.45) is 11.7 Å². The summed E-state index contributed by atoms with van der Waals surface area (Å²) in [6.45, 7) is 2.50. The van der Waals surface area contributed by atoms with E-state index in [1.807, 2.05) is 0 Å². The summed E-state index contributed by atoms with van der Waals surface area (Å²) >= 11 is 0. The van der Waals surface area contributed by atoms with Gasteiger partial charge in [0.05, 0.1) is 0 Å². The Kier molecular flexibility index (Phi) is 9.61. The molecular weight excluding hydrogens is 266 g/mol. The first-order chi connectivity index (χ1) is 8.63. The number of rotatable bonds is 6. The van der Waals surface area contributed by atoms with Crippen molar-refractivity contribution in [3.63, 3.8) is 0 Å². The zero-order valence-electron chi connectivity index (χ0n) is 11.6. The molecule has 0 radical (unpaired) electrons. The molecule has 19 heavy (non-hydrogen) atoms. The van der Waals surface area contributed by atoms with Crippen LogP contribution in [0.25, 0.3) is 0 Å². The van der Waals surface area contributed by atoms with Gasteiger partial charge in [-0.15, -0.1) is 12.4 Å². The first kappa shape index (κ1) is 18.2. The van der Waals surface area contributed by atoms with Gasteiger partial charge >= 0.3 is 0 Å². The fourth-order valence-electron chi connectivity index (χ4n) is 2.13. The van der Waals surface area contributed by atoms with Gasteiger partial charge in [-0.3, -0.25) is 9.59 Å². The molecule has 6 heteroatoms. The Morgan fingerprint density at radius 3 is 2.47 bits per heavy atom. The summed E-state index contributed by atoms with van der Waals surface area (Å²) in [7, 11) is 0. The van der Waals surface area contributed by atoms with E-state index in [0.29, 0.717) is 25.6 Å². The Hall–Kier alpha value is -0.810. The van der Waals surface area contributed by atoms with Gasteiger partial charge in [0, 0.05) is 31.5 Å². The van der Waals surface area contributed by atoms with E-state index in [9.17, 15) is 9.59 Å². The van der Waals surface area contributed by atoms with Crippen LogP contribution in [0.15, 0.2) is 0 Å². The van der Waals surface area contributed by atoms with Gasteiger partial charge in [0.15, 0.2) is 0 Å². The number of hydrogen-bond acceptors (Lipinski definition) is 3. The molecule has 5 nitrogen and oxygen atoms in total. The number of halogens is 1. The normalized spacial score (nSPS) is 17.2. The zero-order valence-corrected chi connectivity index (χ0v) is 12.4. The summed E-state index contributed by atoms with van der Waals surface area (Å²) in [6.07, 6.45) is 6.20. The lowest BCUT2D eigenvalue weighted by Gasteiger charge is -2.22. The van der Waals surface area contributed by atoms with Crippen molar-refractivity contribution >= 4 is 24.2 Å². The van der Waals surface area contributed by atoms with Gasteiger partial charge in [0.2, 0.25) is 11.8 Å². The van der Waals surface area contributed by atoms with E-state index < -0.39 is 0 Å². The van der Waals surface area contributed by atoms with E-state index in [-0.39, 0.29) is 30.1 Å². The highest BCUT2D eigenvalue weighted by molar-refractivity contribution is 5.85. The molecule has 1 saturated carbocycles. The summed E-state index contributed by atoms with van der Waals surface area (Å²) in [6, 6.07) is 0.338. The maximum absolute atomic E-state index is 11.6. The van der Waals surface area contributed by atoms with Gasteiger partial charge in [-0.2, -0.15) is 0 Å². The van der Waals surface area contributed by atoms with Crippen LogP contribution in [0.1, 0.15) is 45.4 Å². The van der Waals surface area contributed by atoms with Crippen molar-refractivity contribution in [3.8, 4) is 0 Å². The molecule has 0 aromatic heterocycles. The lowest BCUT2D eigenvalue weighted by Crippen LogP contribution is -2.39. The Balaban J connectivity index is 0.00000324. The Morgan fingerprint density at radius 1 is 1.26 bits per heavy atom. The zero-order chi connectivity index (χ0) is 13.4. The largest absolute Gasteiger partial charge is 0.355 e. The molecule has 0 spiro atoms. The van der Waals surface area contributed by atoms with Crippen LogP contribution in [-0.4, -0.2) is 30.9 Å². The number of nitrogens with two attached hydrogens (primary N) is 1. The molecule has 2 amide bonds. The van der Waals surface area contributed by atoms with Crippen LogP contribution in [0.3, 0.4) is 0 Å². The minimum atomic E-state index is -0.189. The predicted molar refractivity (Wildman–Crippen MR) is 78.1 cm³/mol. The lowest BCUT2D eigenvalue weighted by molar-refractivity contribution is -0.124. The molecule has 0 bridgehead atoms. The highest BCUT2D eigenvalue weighted by Gasteiger charge is 2.16. The highest BCUT2D eigenvalue weighted by Crippen LogP contribution is 2.17. The third kappa shape index (κ3) is 7.38. The number of nitrogens with one attached hydrogen (secondary N) is 2. The maximum atomic E-state index is 11.6. The van der Waals surface area contributed by atoms with Gasteiger partial charge in [-0.05, 0) is 12.8 Å². The molecule has 0 aliphatic heterocycles. The molecule has 112 valence electrons. The quantitative estimate of drug-likeness (QED) is 0.681. The van der Waals surface area contributed by atoms with Crippen LogP contribution >= 0.6 is 12.4 Å². The molecule has 4 N–H and O–H groups in total. The molecule has 0 heterocycles. The van der Waals surface area contributed by atoms with E-state index >= 15 is 0 Å². The summed E-state index contributed by atoms with van der Waals surface area (Å²) in [4.78, 5) is 23.1. The average molecular weight is 292 g/mol. The third-order valence-corrected chi connectivity index (χ3v) is 3.42. The van der Waals surface area contributed by atoms with Crippen LogP contribution in [0, 0.1) is 5.92 Å². The monoisotopic (exact) mass is 291 g/mol. The Bertz CT molecular complexity index is 281. The smallest absolute Gasteiger partial charge is 0.224 e. The number of carbonyl (C=O) groups excluding carboxylic acids is 2. The third-order valence-electron chi connectivity index (χ3n) is 3.42. The van der Waals surface area contributed by atoms with Gasteiger partial charge < -0.3 is 16.4 Å². The van der Waals surface area contributed by atoms with Crippen molar-refractivity contribution < 1.29 is 9.59 Å². The molecule has 1 fully saturated rings. The summed E-state index contributed by atoms with van der Waals surface area (Å²) in [5.74, 6) is -0.239. The number of carbonyl (C=O) groups is 2. The van der Waals surface area contributed by atoms with Crippen molar-refractivity contribution in [3.05, 3.63) is 0 Å². The molecule has 0 aromatic rings. The molecule has 1 aliphatic carbocycles. The molecule has 1 atom stereocenters. The predicted octanol–water partition coefficient (Wildman–Crippen LogP) is 0.958. The Labute approximate surface area is 121 Å². The second-order valence-electron chi connectivity index (χ2n) is 5.08. The van der Waals surface area contributed by atoms with Crippen LogP contribution in [0.4, 0.5) is 0 Å². The molecule has 1 unspecified atom stereocenters. The second-order valence-corrected chi connectivity index (χ2v) is 5.08. The fourth-order valence-corrected chi connectivity index (χ4v) is 2.13. The van der Waals surface area contributed by atoms with E-state index in [1.165, 1.54) is 19.3 Å². The average Bonchev–Trinajstić information content (AvgIpc) is 2.38. The first-order valence-electron chi connectivity index (χ1n) is 6.90. The van der Waals surface area contributed by atoms with Crippen LogP contribution in [-0.2, 0) is 9.59 Å². The van der Waals surface area contributed by atoms with Crippen LogP contribution < -0.4 is 16.4 Å². The maximum Gasteiger partial charge on any atom is 0.224 e. The second kappa shape index (κ2) is 10.0. The lowest BCUT2D eigenvalue weighted by atomic mass is 9.95. The standard InChI is InChI=1S/C13H25N3O2.ClH/c1-10(9-14)13(18)15-8-7-12(17)16-11-5-3-2-4-6-11;/h10-11H,2-9,14H2,1H3,(H,15,18)(H,16,17);1H. The topological polar surface area (TPSA) is 84.2 Å². The molecule has 1 aliphatic rings. The van der Waals surface area contributed by atoms with Gasteiger partial charge in [0.25, 0.3) is 0 Å². The fraction of sp³-hybridized carbons (Fsp3) is 0.846. The van der Waals surface area contributed by atoms with Crippen molar-refractivity contribution in [2.75, 3.05) is 13.1 Å². The summed E-state index contributed by atoms with van der Waals surface area (Å²) < 4.78 is 0. The highest BCUT2D eigenvalue weighted by atomic mass is 35.5. The summed E-state index contributed by atoms with van der Waals surface area (Å²) in [5.41, 5.74) is 5.39. The number of hydrogen-bond donors (Lipinski definition) is 3. The van der Waals surface area contributed by atoms with Crippen molar-refractivity contribution in [1.82, 2.24) is 10.6 Å². The van der Waals surface area contributed by atoms with E-state index in [1.54, 1.807) is 6.92 Å². The molecule has 0 saturated heterocycles. The number of amides is 2. The van der Waals surface area contributed by atoms with Crippen molar-refractivity contribution in [2.45, 2.75) is 51.5 Å². The van der Waals surface area contributed by atoms with Gasteiger partial charge in [-0.1, -0.05) is 26.2 Å². The van der Waals surface area contributed by atoms with Crippen LogP contribution in [0.5, 0.6) is 0 Å². The van der Waals surface area contributed by atoms with E-state index in [4.69, 9.17) is 5.73 Å². The minimum absolute atomic E-state index is 0. The molecule has 1 rings (SSSR count). The molecular formula is C13H26ClN3O2. The minimum Gasteiger partial charge on any atom is -0.355 e. The van der Waals surface area contributed by atoms with E-state index in [2.05, 4.69) is 10.6 Å². The molecule has 0 aromatic carbocycles. The van der Waals surface area contributed by atoms with Gasteiger partial charge in [-0.25, -0.2) is 0 Å². The van der Waals surface area contributed by atoms with Gasteiger partial charge in [0.1, 0.15) is 0 Å². The van der Waals surface area contributed by atoms with Crippen LogP contribution in [0.2, 0.25) is 0 Å². The Morgan fingerprint density at radius 2 is 1.89 bits per heavy atom. The summed E-state index contributed by atoms with van der Waals surface area (Å²) in [5, 5.41) is 5.74. The van der Waals surface area contributed by atoms with E-state index in [0.717, 1.165) is 12.8 Å². The van der Waals surface area contributed by atoms with Crippen molar-refractivity contribution in [1.29, 1.82) is 0 Å². The SMILES string of the molecule is CC(CN)C(=O)NCCC(=O)NC1CCCCC1.Cl.